The zero-order valence-corrected chi connectivity index (χ0v) is 8.75. The first-order valence-electron chi connectivity index (χ1n) is 4.37. The molecule has 16 heavy (non-hydrogen) atoms. The van der Waals surface area contributed by atoms with E-state index >= 15 is 0 Å². The molecule has 0 spiro atoms. The van der Waals surface area contributed by atoms with Gasteiger partial charge in [-0.25, -0.2) is 8.78 Å². The van der Waals surface area contributed by atoms with Crippen LogP contribution in [0.3, 0.4) is 0 Å². The highest BCUT2D eigenvalue weighted by atomic mass is 32.2. The third-order valence-electron chi connectivity index (χ3n) is 1.99. The summed E-state index contributed by atoms with van der Waals surface area (Å²) < 4.78 is 84.9. The summed E-state index contributed by atoms with van der Waals surface area (Å²) in [4.78, 5) is 0. The van der Waals surface area contributed by atoms with Crippen LogP contribution in [-0.4, -0.2) is 26.5 Å². The van der Waals surface area contributed by atoms with Crippen LogP contribution in [0.15, 0.2) is 0 Å². The summed E-state index contributed by atoms with van der Waals surface area (Å²) in [7, 11) is -5.93. The lowest BCUT2D eigenvalue weighted by molar-refractivity contribution is -0.0762. The second-order valence-electron chi connectivity index (χ2n) is 3.67. The molecular formula is C7H9F5O3S. The van der Waals surface area contributed by atoms with Crippen molar-refractivity contribution in [1.29, 1.82) is 0 Å². The van der Waals surface area contributed by atoms with Crippen molar-refractivity contribution in [2.75, 3.05) is 6.61 Å². The summed E-state index contributed by atoms with van der Waals surface area (Å²) in [5, 5.41) is 0. The van der Waals surface area contributed by atoms with Gasteiger partial charge in [0, 0.05) is 6.42 Å². The van der Waals surface area contributed by atoms with Crippen LogP contribution in [0.4, 0.5) is 22.0 Å². The Morgan fingerprint density at radius 1 is 1.12 bits per heavy atom. The minimum atomic E-state index is -5.93. The highest BCUT2D eigenvalue weighted by molar-refractivity contribution is 7.87. The number of hydrogen-bond donors (Lipinski definition) is 0. The maximum atomic E-state index is 12.9. The van der Waals surface area contributed by atoms with Gasteiger partial charge in [-0.3, -0.25) is 4.18 Å². The molecular weight excluding hydrogens is 259 g/mol. The van der Waals surface area contributed by atoms with Gasteiger partial charge in [-0.1, -0.05) is 0 Å². The van der Waals surface area contributed by atoms with E-state index in [2.05, 4.69) is 4.18 Å². The van der Waals surface area contributed by atoms with Crippen molar-refractivity contribution < 1.29 is 34.6 Å². The second-order valence-corrected chi connectivity index (χ2v) is 5.27. The molecule has 0 N–H and O–H groups in total. The quantitative estimate of drug-likeness (QED) is 0.436. The van der Waals surface area contributed by atoms with Crippen molar-refractivity contribution in [2.24, 2.45) is 5.92 Å². The maximum absolute atomic E-state index is 12.9. The zero-order valence-electron chi connectivity index (χ0n) is 7.93. The lowest BCUT2D eigenvalue weighted by atomic mass is 10.2. The first kappa shape index (κ1) is 13.6. The molecule has 9 heteroatoms. The van der Waals surface area contributed by atoms with E-state index < -0.39 is 34.6 Å². The fourth-order valence-electron chi connectivity index (χ4n) is 1.03. The summed E-state index contributed by atoms with van der Waals surface area (Å²) in [6.45, 7) is -1.76. The van der Waals surface area contributed by atoms with E-state index in [1.165, 1.54) is 0 Å². The first-order valence-corrected chi connectivity index (χ1v) is 5.78. The van der Waals surface area contributed by atoms with Crippen LogP contribution in [-0.2, 0) is 14.3 Å². The third kappa shape index (κ3) is 3.85. The van der Waals surface area contributed by atoms with Gasteiger partial charge in [0.25, 0.3) is 5.92 Å². The standard InChI is InChI=1S/C7H9F5O3S/c8-6(9,3-5-1-2-5)4-15-16(13,14)7(10,11)12/h5H,1-4H2. The van der Waals surface area contributed by atoms with Crippen molar-refractivity contribution >= 4 is 10.1 Å². The van der Waals surface area contributed by atoms with Crippen molar-refractivity contribution in [2.45, 2.75) is 30.7 Å². The molecule has 0 aromatic carbocycles. The Morgan fingerprint density at radius 2 is 1.62 bits per heavy atom. The fourth-order valence-corrected chi connectivity index (χ4v) is 1.50. The Kier molecular flexibility index (Phi) is 3.49. The van der Waals surface area contributed by atoms with Crippen LogP contribution in [0.1, 0.15) is 19.3 Å². The van der Waals surface area contributed by atoms with Gasteiger partial charge >= 0.3 is 15.6 Å². The monoisotopic (exact) mass is 268 g/mol. The van der Waals surface area contributed by atoms with Gasteiger partial charge in [0.05, 0.1) is 0 Å². The van der Waals surface area contributed by atoms with E-state index in [0.717, 1.165) is 0 Å². The molecule has 1 rings (SSSR count). The summed E-state index contributed by atoms with van der Waals surface area (Å²) >= 11 is 0. The normalized spacial score (nSPS) is 18.8. The van der Waals surface area contributed by atoms with Gasteiger partial charge in [0.1, 0.15) is 6.61 Å². The van der Waals surface area contributed by atoms with E-state index in [4.69, 9.17) is 0 Å². The van der Waals surface area contributed by atoms with Crippen LogP contribution < -0.4 is 0 Å². The van der Waals surface area contributed by atoms with Crippen LogP contribution in [0.25, 0.3) is 0 Å². The van der Waals surface area contributed by atoms with E-state index in [9.17, 15) is 30.4 Å². The van der Waals surface area contributed by atoms with Crippen LogP contribution in [0.2, 0.25) is 0 Å². The van der Waals surface area contributed by atoms with E-state index in [1.807, 2.05) is 0 Å². The topological polar surface area (TPSA) is 43.4 Å². The summed E-state index contributed by atoms with van der Waals surface area (Å²) in [6, 6.07) is 0. The molecule has 0 aromatic heterocycles. The average molecular weight is 268 g/mol. The van der Waals surface area contributed by atoms with Gasteiger partial charge in [-0.05, 0) is 18.8 Å². The zero-order chi connectivity index (χ0) is 12.6. The number of rotatable bonds is 5. The van der Waals surface area contributed by atoms with Crippen molar-refractivity contribution in [1.82, 2.24) is 0 Å². The summed E-state index contributed by atoms with van der Waals surface area (Å²) in [5.41, 5.74) is -5.66. The van der Waals surface area contributed by atoms with Crippen LogP contribution in [0.5, 0.6) is 0 Å². The lowest BCUT2D eigenvalue weighted by Gasteiger charge is -2.16. The molecule has 0 aliphatic heterocycles. The molecule has 0 saturated heterocycles. The molecule has 0 amide bonds. The van der Waals surface area contributed by atoms with Gasteiger partial charge in [-0.2, -0.15) is 21.6 Å². The maximum Gasteiger partial charge on any atom is 0.523 e. The summed E-state index contributed by atoms with van der Waals surface area (Å²) in [5.74, 6) is -3.79. The molecule has 0 aromatic rings. The fraction of sp³-hybridized carbons (Fsp3) is 1.00. The van der Waals surface area contributed by atoms with E-state index in [0.29, 0.717) is 12.8 Å². The van der Waals surface area contributed by atoms with Gasteiger partial charge in [-0.15, -0.1) is 0 Å². The Hall–Kier alpha value is -0.440. The Balaban J connectivity index is 2.49. The minimum absolute atomic E-state index is 0.243. The van der Waals surface area contributed by atoms with Crippen molar-refractivity contribution in [3.63, 3.8) is 0 Å². The molecule has 1 aliphatic rings. The minimum Gasteiger partial charge on any atom is -0.257 e. The average Bonchev–Trinajstić information content (AvgIpc) is 2.82. The third-order valence-corrected chi connectivity index (χ3v) is 2.99. The molecule has 0 bridgehead atoms. The highest BCUT2D eigenvalue weighted by Crippen LogP contribution is 2.39. The van der Waals surface area contributed by atoms with Gasteiger partial charge in [0.15, 0.2) is 0 Å². The van der Waals surface area contributed by atoms with Crippen LogP contribution >= 0.6 is 0 Å². The van der Waals surface area contributed by atoms with E-state index in [-0.39, 0.29) is 5.92 Å². The molecule has 3 nitrogen and oxygen atoms in total. The molecule has 0 atom stereocenters. The predicted octanol–water partition coefficient (Wildman–Crippen LogP) is 2.29. The second kappa shape index (κ2) is 4.10. The van der Waals surface area contributed by atoms with Gasteiger partial charge in [0.2, 0.25) is 0 Å². The molecule has 0 heterocycles. The van der Waals surface area contributed by atoms with Crippen molar-refractivity contribution in [3.8, 4) is 0 Å². The van der Waals surface area contributed by atoms with Gasteiger partial charge < -0.3 is 0 Å². The number of halogens is 5. The largest absolute Gasteiger partial charge is 0.523 e. The molecule has 1 fully saturated rings. The molecule has 96 valence electrons. The summed E-state index contributed by atoms with van der Waals surface area (Å²) in [6.07, 6.45) is 0.531. The number of alkyl halides is 5. The van der Waals surface area contributed by atoms with Crippen molar-refractivity contribution in [3.05, 3.63) is 0 Å². The Labute approximate surface area is 88.7 Å². The van der Waals surface area contributed by atoms with E-state index in [1.54, 1.807) is 0 Å². The molecule has 1 saturated carbocycles. The van der Waals surface area contributed by atoms with Crippen LogP contribution in [0, 0.1) is 5.92 Å². The molecule has 0 unspecified atom stereocenters. The predicted molar refractivity (Wildman–Crippen MR) is 43.2 cm³/mol. The Morgan fingerprint density at radius 3 is 2.00 bits per heavy atom. The SMILES string of the molecule is O=S(=O)(OCC(F)(F)CC1CC1)C(F)(F)F. The molecule has 0 radical (unpaired) electrons. The Bertz CT molecular complexity index is 344. The lowest BCUT2D eigenvalue weighted by Crippen LogP contribution is -2.32. The smallest absolute Gasteiger partial charge is 0.257 e. The number of hydrogen-bond acceptors (Lipinski definition) is 3. The first-order chi connectivity index (χ1) is 7.04. The molecule has 1 aliphatic carbocycles. The highest BCUT2D eigenvalue weighted by Gasteiger charge is 2.49.